The topological polar surface area (TPSA) is 27.3 Å². The van der Waals surface area contributed by atoms with Crippen LogP contribution in [-0.2, 0) is 0 Å². The van der Waals surface area contributed by atoms with Gasteiger partial charge in [0.25, 0.3) is 0 Å². The maximum Gasteiger partial charge on any atom is 0.173 e. The van der Waals surface area contributed by atoms with Gasteiger partial charge in [0.15, 0.2) is 5.11 Å². The summed E-state index contributed by atoms with van der Waals surface area (Å²) >= 11 is 5.39. The van der Waals surface area contributed by atoms with Crippen LogP contribution in [0.15, 0.2) is 24.3 Å². The number of nitrogens with zero attached hydrogens (tertiary/aromatic N) is 1. The van der Waals surface area contributed by atoms with Crippen LogP contribution in [0.5, 0.6) is 0 Å². The van der Waals surface area contributed by atoms with E-state index in [1.165, 1.54) is 5.56 Å². The van der Waals surface area contributed by atoms with Crippen LogP contribution in [0.25, 0.3) is 0 Å². The summed E-state index contributed by atoms with van der Waals surface area (Å²) in [4.78, 5) is 2.20. The SMILES string of the molecule is Cc1cccc(NC(=S)N2CCNCC2)c1. The molecule has 2 N–H and O–H groups in total. The van der Waals surface area contributed by atoms with E-state index >= 15 is 0 Å². The molecule has 1 heterocycles. The zero-order chi connectivity index (χ0) is 11.4. The highest BCUT2D eigenvalue weighted by molar-refractivity contribution is 7.80. The van der Waals surface area contributed by atoms with Crippen LogP contribution in [0.1, 0.15) is 5.56 Å². The molecular formula is C12H17N3S. The number of aryl methyl sites for hydroxylation is 1. The summed E-state index contributed by atoms with van der Waals surface area (Å²) in [5, 5.41) is 7.42. The van der Waals surface area contributed by atoms with E-state index < -0.39 is 0 Å². The van der Waals surface area contributed by atoms with Gasteiger partial charge in [-0.1, -0.05) is 12.1 Å². The van der Waals surface area contributed by atoms with Crippen LogP contribution in [0, 0.1) is 6.92 Å². The van der Waals surface area contributed by atoms with E-state index in [0.29, 0.717) is 0 Å². The van der Waals surface area contributed by atoms with E-state index in [4.69, 9.17) is 12.2 Å². The van der Waals surface area contributed by atoms with Crippen molar-refractivity contribution in [2.45, 2.75) is 6.92 Å². The first-order valence-electron chi connectivity index (χ1n) is 5.59. The van der Waals surface area contributed by atoms with Gasteiger partial charge in [-0.15, -0.1) is 0 Å². The normalized spacial score (nSPS) is 15.9. The summed E-state index contributed by atoms with van der Waals surface area (Å²) < 4.78 is 0. The van der Waals surface area contributed by atoms with E-state index in [0.717, 1.165) is 37.0 Å². The molecule has 4 heteroatoms. The highest BCUT2D eigenvalue weighted by Gasteiger charge is 2.12. The van der Waals surface area contributed by atoms with Gasteiger partial charge in [-0.2, -0.15) is 0 Å². The second-order valence-corrected chi connectivity index (χ2v) is 4.42. The van der Waals surface area contributed by atoms with Crippen LogP contribution >= 0.6 is 12.2 Å². The molecule has 2 rings (SSSR count). The van der Waals surface area contributed by atoms with Crippen LogP contribution < -0.4 is 10.6 Å². The Morgan fingerprint density at radius 1 is 1.38 bits per heavy atom. The summed E-state index contributed by atoms with van der Waals surface area (Å²) in [6.07, 6.45) is 0. The molecule has 1 saturated heterocycles. The van der Waals surface area contributed by atoms with Gasteiger partial charge >= 0.3 is 0 Å². The standard InChI is InChI=1S/C12H17N3S/c1-10-3-2-4-11(9-10)14-12(16)15-7-5-13-6-8-15/h2-4,9,13H,5-8H2,1H3,(H,14,16). The van der Waals surface area contributed by atoms with E-state index in [-0.39, 0.29) is 0 Å². The highest BCUT2D eigenvalue weighted by Crippen LogP contribution is 2.10. The van der Waals surface area contributed by atoms with Crippen LogP contribution in [0.4, 0.5) is 5.69 Å². The zero-order valence-corrected chi connectivity index (χ0v) is 10.3. The van der Waals surface area contributed by atoms with Crippen LogP contribution in [0.2, 0.25) is 0 Å². The van der Waals surface area contributed by atoms with E-state index in [9.17, 15) is 0 Å². The Kier molecular flexibility index (Phi) is 3.74. The molecule has 0 bridgehead atoms. The first-order valence-corrected chi connectivity index (χ1v) is 6.00. The number of piperazine rings is 1. The minimum Gasteiger partial charge on any atom is -0.346 e. The van der Waals surface area contributed by atoms with Gasteiger partial charge in [-0.05, 0) is 36.8 Å². The molecule has 1 aliphatic heterocycles. The van der Waals surface area contributed by atoms with Crippen molar-refractivity contribution in [3.63, 3.8) is 0 Å². The van der Waals surface area contributed by atoms with Crippen molar-refractivity contribution < 1.29 is 0 Å². The van der Waals surface area contributed by atoms with Gasteiger partial charge in [0, 0.05) is 31.9 Å². The molecule has 0 unspecified atom stereocenters. The third-order valence-corrected chi connectivity index (χ3v) is 3.03. The monoisotopic (exact) mass is 235 g/mol. The lowest BCUT2D eigenvalue weighted by atomic mass is 10.2. The Bertz CT molecular complexity index is 372. The maximum absolute atomic E-state index is 5.39. The molecule has 1 fully saturated rings. The van der Waals surface area contributed by atoms with Gasteiger partial charge in [0.1, 0.15) is 0 Å². The average Bonchev–Trinajstić information content (AvgIpc) is 2.30. The summed E-state index contributed by atoms with van der Waals surface area (Å²) in [6.45, 7) is 6.07. The molecule has 1 aromatic carbocycles. The highest BCUT2D eigenvalue weighted by atomic mass is 32.1. The van der Waals surface area contributed by atoms with Crippen molar-refractivity contribution in [3.05, 3.63) is 29.8 Å². The fourth-order valence-corrected chi connectivity index (χ4v) is 2.09. The van der Waals surface area contributed by atoms with Crippen molar-refractivity contribution in [2.75, 3.05) is 31.5 Å². The van der Waals surface area contributed by atoms with Crippen molar-refractivity contribution in [2.24, 2.45) is 0 Å². The molecule has 0 spiro atoms. The molecular weight excluding hydrogens is 218 g/mol. The molecule has 0 aliphatic carbocycles. The zero-order valence-electron chi connectivity index (χ0n) is 9.49. The predicted molar refractivity (Wildman–Crippen MR) is 71.8 cm³/mol. The first kappa shape index (κ1) is 11.4. The second kappa shape index (κ2) is 5.27. The number of nitrogens with one attached hydrogen (secondary N) is 2. The minimum atomic E-state index is 0.826. The number of hydrogen-bond donors (Lipinski definition) is 2. The van der Waals surface area contributed by atoms with Crippen molar-refractivity contribution in [1.29, 1.82) is 0 Å². The van der Waals surface area contributed by atoms with E-state index in [2.05, 4.69) is 34.6 Å². The molecule has 16 heavy (non-hydrogen) atoms. The summed E-state index contributed by atoms with van der Waals surface area (Å²) in [6, 6.07) is 8.27. The fraction of sp³-hybridized carbons (Fsp3) is 0.417. The molecule has 3 nitrogen and oxygen atoms in total. The second-order valence-electron chi connectivity index (χ2n) is 4.04. The van der Waals surface area contributed by atoms with Gasteiger partial charge in [-0.3, -0.25) is 0 Å². The molecule has 1 aromatic rings. The average molecular weight is 235 g/mol. The molecule has 0 amide bonds. The number of benzene rings is 1. The van der Waals surface area contributed by atoms with E-state index in [1.807, 2.05) is 12.1 Å². The van der Waals surface area contributed by atoms with Crippen molar-refractivity contribution in [3.8, 4) is 0 Å². The van der Waals surface area contributed by atoms with Crippen LogP contribution in [0.3, 0.4) is 0 Å². The lowest BCUT2D eigenvalue weighted by molar-refractivity contribution is 0.362. The molecule has 0 aromatic heterocycles. The number of anilines is 1. The molecule has 0 atom stereocenters. The van der Waals surface area contributed by atoms with E-state index in [1.54, 1.807) is 0 Å². The largest absolute Gasteiger partial charge is 0.346 e. The van der Waals surface area contributed by atoms with Gasteiger partial charge in [0.2, 0.25) is 0 Å². The molecule has 86 valence electrons. The Hall–Kier alpha value is -1.13. The number of rotatable bonds is 1. The Balaban J connectivity index is 1.96. The minimum absolute atomic E-state index is 0.826. The molecule has 0 saturated carbocycles. The van der Waals surface area contributed by atoms with Crippen molar-refractivity contribution in [1.82, 2.24) is 10.2 Å². The van der Waals surface area contributed by atoms with Gasteiger partial charge in [-0.25, -0.2) is 0 Å². The van der Waals surface area contributed by atoms with Crippen molar-refractivity contribution >= 4 is 23.0 Å². The lowest BCUT2D eigenvalue weighted by Gasteiger charge is -2.29. The molecule has 0 radical (unpaired) electrons. The predicted octanol–water partition coefficient (Wildman–Crippen LogP) is 1.60. The quantitative estimate of drug-likeness (QED) is 0.723. The van der Waals surface area contributed by atoms with Gasteiger partial charge < -0.3 is 15.5 Å². The molecule has 1 aliphatic rings. The number of thiocarbonyl (C=S) groups is 1. The Labute approximate surface area is 102 Å². The Morgan fingerprint density at radius 3 is 2.81 bits per heavy atom. The fourth-order valence-electron chi connectivity index (χ4n) is 1.79. The number of hydrogen-bond acceptors (Lipinski definition) is 2. The van der Waals surface area contributed by atoms with Gasteiger partial charge in [0.05, 0.1) is 0 Å². The summed E-state index contributed by atoms with van der Waals surface area (Å²) in [5.74, 6) is 0. The lowest BCUT2D eigenvalue weighted by Crippen LogP contribution is -2.47. The summed E-state index contributed by atoms with van der Waals surface area (Å²) in [5.41, 5.74) is 2.32. The third kappa shape index (κ3) is 2.93. The Morgan fingerprint density at radius 2 is 2.12 bits per heavy atom. The smallest absolute Gasteiger partial charge is 0.173 e. The summed E-state index contributed by atoms with van der Waals surface area (Å²) in [7, 11) is 0. The first-order chi connectivity index (χ1) is 7.75. The maximum atomic E-state index is 5.39. The van der Waals surface area contributed by atoms with Crippen LogP contribution in [-0.4, -0.2) is 36.2 Å². The third-order valence-electron chi connectivity index (χ3n) is 2.67.